The van der Waals surface area contributed by atoms with Crippen LogP contribution in [0.15, 0.2) is 6.07 Å². The maximum Gasteiger partial charge on any atom is 0.290 e. The molecule has 7 nitrogen and oxygen atoms in total. The standard InChI is InChI=1S/C12H21N5.CH2O2/c1-8(2)9-5-4-6-17(9)11-7-10(14-3)15-12(13)16-11;2-1-3/h7-9H,4-6H2,1-3H3,(H3,13,14,15,16);1H,(H,2,3). The molecule has 4 N–H and O–H groups in total. The second-order valence-electron chi connectivity index (χ2n) is 4.97. The lowest BCUT2D eigenvalue weighted by atomic mass is 10.0. The van der Waals surface area contributed by atoms with Crippen LogP contribution in [0.5, 0.6) is 0 Å². The van der Waals surface area contributed by atoms with Crippen molar-refractivity contribution < 1.29 is 9.90 Å². The molecule has 0 saturated carbocycles. The first-order valence-corrected chi connectivity index (χ1v) is 6.70. The summed E-state index contributed by atoms with van der Waals surface area (Å²) in [6.45, 7) is 5.32. The van der Waals surface area contributed by atoms with Gasteiger partial charge in [0.25, 0.3) is 6.47 Å². The molecular formula is C13H23N5O2. The zero-order chi connectivity index (χ0) is 15.1. The molecule has 1 aliphatic rings. The van der Waals surface area contributed by atoms with E-state index in [9.17, 15) is 0 Å². The van der Waals surface area contributed by atoms with Gasteiger partial charge in [0.15, 0.2) is 0 Å². The monoisotopic (exact) mass is 281 g/mol. The molecule has 112 valence electrons. The summed E-state index contributed by atoms with van der Waals surface area (Å²) in [7, 11) is 1.84. The van der Waals surface area contributed by atoms with Crippen molar-refractivity contribution in [2.45, 2.75) is 32.7 Å². The SMILES string of the molecule is CNc1cc(N2CCCC2C(C)C)nc(N)n1.O=CO. The molecule has 2 rings (SSSR count). The van der Waals surface area contributed by atoms with E-state index in [1.807, 2.05) is 13.1 Å². The van der Waals surface area contributed by atoms with Gasteiger partial charge in [0.1, 0.15) is 11.6 Å². The number of nitrogens with two attached hydrogens (primary N) is 1. The lowest BCUT2D eigenvalue weighted by Crippen LogP contribution is -2.34. The third-order valence-electron chi connectivity index (χ3n) is 3.35. The highest BCUT2D eigenvalue weighted by Crippen LogP contribution is 2.29. The van der Waals surface area contributed by atoms with Gasteiger partial charge in [-0.15, -0.1) is 0 Å². The molecule has 1 unspecified atom stereocenters. The van der Waals surface area contributed by atoms with Gasteiger partial charge in [0, 0.05) is 25.7 Å². The number of carbonyl (C=O) groups is 1. The van der Waals surface area contributed by atoms with E-state index in [0.717, 1.165) is 18.2 Å². The minimum Gasteiger partial charge on any atom is -0.483 e. The van der Waals surface area contributed by atoms with Gasteiger partial charge in [-0.2, -0.15) is 9.97 Å². The Morgan fingerprint density at radius 3 is 2.75 bits per heavy atom. The molecule has 1 atom stereocenters. The zero-order valence-corrected chi connectivity index (χ0v) is 12.2. The molecule has 1 saturated heterocycles. The summed E-state index contributed by atoms with van der Waals surface area (Å²) in [5.74, 6) is 2.69. The lowest BCUT2D eigenvalue weighted by molar-refractivity contribution is -0.122. The van der Waals surface area contributed by atoms with Crippen molar-refractivity contribution in [3.8, 4) is 0 Å². The summed E-state index contributed by atoms with van der Waals surface area (Å²) in [5, 5.41) is 9.91. The minimum absolute atomic E-state index is 0.250. The van der Waals surface area contributed by atoms with E-state index in [4.69, 9.17) is 15.6 Å². The summed E-state index contributed by atoms with van der Waals surface area (Å²) in [6, 6.07) is 2.53. The predicted octanol–water partition coefficient (Wildman–Crippen LogP) is 1.43. The van der Waals surface area contributed by atoms with Crippen LogP contribution in [0.4, 0.5) is 17.6 Å². The van der Waals surface area contributed by atoms with Gasteiger partial charge >= 0.3 is 0 Å². The van der Waals surface area contributed by atoms with Crippen molar-refractivity contribution in [3.63, 3.8) is 0 Å². The number of rotatable bonds is 3. The quantitative estimate of drug-likeness (QED) is 0.720. The van der Waals surface area contributed by atoms with E-state index in [1.165, 1.54) is 12.8 Å². The number of nitrogens with one attached hydrogen (secondary N) is 1. The molecule has 1 aromatic rings. The number of hydrogen-bond acceptors (Lipinski definition) is 6. The third-order valence-corrected chi connectivity index (χ3v) is 3.35. The fourth-order valence-electron chi connectivity index (χ4n) is 2.50. The summed E-state index contributed by atoms with van der Waals surface area (Å²) < 4.78 is 0. The smallest absolute Gasteiger partial charge is 0.290 e. The van der Waals surface area contributed by atoms with Gasteiger partial charge in [-0.3, -0.25) is 4.79 Å². The molecule has 0 aromatic carbocycles. The summed E-state index contributed by atoms with van der Waals surface area (Å²) >= 11 is 0. The van der Waals surface area contributed by atoms with Crippen molar-refractivity contribution >= 4 is 24.1 Å². The summed E-state index contributed by atoms with van der Waals surface area (Å²) in [5.41, 5.74) is 5.74. The van der Waals surface area contributed by atoms with Crippen LogP contribution in [0, 0.1) is 5.92 Å². The van der Waals surface area contributed by atoms with Crippen molar-refractivity contribution in [3.05, 3.63) is 6.07 Å². The number of nitrogen functional groups attached to an aromatic ring is 1. The lowest BCUT2D eigenvalue weighted by Gasteiger charge is -2.28. The van der Waals surface area contributed by atoms with Gasteiger partial charge in [-0.1, -0.05) is 13.8 Å². The first-order chi connectivity index (χ1) is 9.53. The number of anilines is 3. The Bertz CT molecular complexity index is 439. The Morgan fingerprint density at radius 1 is 1.55 bits per heavy atom. The molecule has 7 heteroatoms. The molecule has 0 amide bonds. The molecular weight excluding hydrogens is 258 g/mol. The Morgan fingerprint density at radius 2 is 2.20 bits per heavy atom. The van der Waals surface area contributed by atoms with Crippen molar-refractivity contribution in [2.75, 3.05) is 29.5 Å². The second kappa shape index (κ2) is 7.52. The molecule has 1 aromatic heterocycles. The normalized spacial score (nSPS) is 17.6. The maximum absolute atomic E-state index is 8.36. The van der Waals surface area contributed by atoms with Crippen LogP contribution in [0.25, 0.3) is 0 Å². The molecule has 0 aliphatic carbocycles. The average Bonchev–Trinajstić information content (AvgIpc) is 2.88. The van der Waals surface area contributed by atoms with E-state index in [0.29, 0.717) is 17.9 Å². The molecule has 0 spiro atoms. The number of aromatic nitrogens is 2. The molecule has 0 bridgehead atoms. The Labute approximate surface area is 119 Å². The van der Waals surface area contributed by atoms with Crippen LogP contribution in [0.1, 0.15) is 26.7 Å². The van der Waals surface area contributed by atoms with E-state index >= 15 is 0 Å². The molecule has 0 radical (unpaired) electrons. The first-order valence-electron chi connectivity index (χ1n) is 6.70. The van der Waals surface area contributed by atoms with Gasteiger partial charge in [0.2, 0.25) is 5.95 Å². The highest BCUT2D eigenvalue weighted by Gasteiger charge is 2.28. The van der Waals surface area contributed by atoms with E-state index in [-0.39, 0.29) is 6.47 Å². The summed E-state index contributed by atoms with van der Waals surface area (Å²) in [4.78, 5) is 19.2. The fraction of sp³-hybridized carbons (Fsp3) is 0.615. The largest absolute Gasteiger partial charge is 0.483 e. The molecule has 1 fully saturated rings. The topological polar surface area (TPSA) is 104 Å². The molecule has 20 heavy (non-hydrogen) atoms. The molecule has 2 heterocycles. The number of nitrogens with zero attached hydrogens (tertiary/aromatic N) is 3. The first kappa shape index (κ1) is 16.0. The van der Waals surface area contributed by atoms with E-state index < -0.39 is 0 Å². The zero-order valence-electron chi connectivity index (χ0n) is 12.2. The van der Waals surface area contributed by atoms with Crippen LogP contribution in [0.3, 0.4) is 0 Å². The minimum atomic E-state index is -0.250. The highest BCUT2D eigenvalue weighted by molar-refractivity contribution is 5.53. The number of hydrogen-bond donors (Lipinski definition) is 3. The second-order valence-corrected chi connectivity index (χ2v) is 4.97. The van der Waals surface area contributed by atoms with E-state index in [1.54, 1.807) is 0 Å². The van der Waals surface area contributed by atoms with Crippen molar-refractivity contribution in [1.29, 1.82) is 0 Å². The van der Waals surface area contributed by atoms with Crippen LogP contribution in [-0.4, -0.2) is 41.2 Å². The maximum atomic E-state index is 8.36. The third kappa shape index (κ3) is 3.97. The average molecular weight is 281 g/mol. The van der Waals surface area contributed by atoms with Gasteiger partial charge in [0.05, 0.1) is 0 Å². The van der Waals surface area contributed by atoms with Gasteiger partial charge in [-0.25, -0.2) is 0 Å². The summed E-state index contributed by atoms with van der Waals surface area (Å²) in [6.07, 6.45) is 2.46. The van der Waals surface area contributed by atoms with Crippen LogP contribution in [0.2, 0.25) is 0 Å². The highest BCUT2D eigenvalue weighted by atomic mass is 16.3. The van der Waals surface area contributed by atoms with Gasteiger partial charge < -0.3 is 21.1 Å². The Balaban J connectivity index is 0.000000612. The number of carboxylic acid groups (broad SMARTS) is 1. The Hall–Kier alpha value is -2.05. The van der Waals surface area contributed by atoms with Gasteiger partial charge in [-0.05, 0) is 18.8 Å². The van der Waals surface area contributed by atoms with Crippen molar-refractivity contribution in [1.82, 2.24) is 9.97 Å². The van der Waals surface area contributed by atoms with Crippen LogP contribution in [-0.2, 0) is 4.79 Å². The van der Waals surface area contributed by atoms with Crippen molar-refractivity contribution in [2.24, 2.45) is 5.92 Å². The van der Waals surface area contributed by atoms with E-state index in [2.05, 4.69) is 34.0 Å². The van der Waals surface area contributed by atoms with Crippen LogP contribution >= 0.6 is 0 Å². The predicted molar refractivity (Wildman–Crippen MR) is 79.9 cm³/mol. The van der Waals surface area contributed by atoms with Crippen LogP contribution < -0.4 is 16.0 Å². The molecule has 1 aliphatic heterocycles. The fourth-order valence-corrected chi connectivity index (χ4v) is 2.50. The Kier molecular flexibility index (Phi) is 6.02.